The summed E-state index contributed by atoms with van der Waals surface area (Å²) in [6.07, 6.45) is 4.39. The summed E-state index contributed by atoms with van der Waals surface area (Å²) in [6, 6.07) is 76.4. The smallest absolute Gasteiger partial charge is 0.0462 e. The lowest BCUT2D eigenvalue weighted by Crippen LogP contribution is -2.34. The second-order valence-electron chi connectivity index (χ2n) is 13.7. The first kappa shape index (κ1) is 33.0. The van der Waals surface area contributed by atoms with Crippen LogP contribution in [0.1, 0.15) is 12.8 Å². The minimum Gasteiger partial charge on any atom is -0.314 e. The highest BCUT2D eigenvalue weighted by molar-refractivity contribution is 5.84. The lowest BCUT2D eigenvalue weighted by molar-refractivity contribution is 1.03. The molecule has 0 aliphatic heterocycles. The van der Waals surface area contributed by atoms with Gasteiger partial charge in [0, 0.05) is 39.4 Å². The monoisotopic (exact) mass is 692 g/mol. The van der Waals surface area contributed by atoms with Crippen LogP contribution in [-0.4, -0.2) is 0 Å². The largest absolute Gasteiger partial charge is 0.314 e. The molecule has 8 aromatic rings. The Morgan fingerprint density at radius 3 is 1.06 bits per heavy atom. The Morgan fingerprint density at radius 2 is 0.611 bits per heavy atom. The van der Waals surface area contributed by atoms with Crippen LogP contribution in [0.15, 0.2) is 212 Å². The van der Waals surface area contributed by atoms with E-state index in [0.29, 0.717) is 0 Å². The average Bonchev–Trinajstić information content (AvgIpc) is 3.26. The number of rotatable bonds is 9. The molecule has 9 rings (SSSR count). The number of nitrogens with zero attached hydrogens (tertiary/aromatic N) is 2. The molecule has 0 spiro atoms. The molecule has 0 saturated carbocycles. The van der Waals surface area contributed by atoms with E-state index in [1.54, 1.807) is 0 Å². The number of para-hydroxylation sites is 1. The van der Waals surface area contributed by atoms with E-state index in [9.17, 15) is 0 Å². The number of benzene rings is 8. The number of anilines is 5. The highest BCUT2D eigenvalue weighted by atomic mass is 15.2. The van der Waals surface area contributed by atoms with Gasteiger partial charge in [0.25, 0.3) is 0 Å². The van der Waals surface area contributed by atoms with Gasteiger partial charge in [0.1, 0.15) is 0 Å². The van der Waals surface area contributed by atoms with Crippen LogP contribution in [-0.2, 0) is 0 Å². The maximum atomic E-state index is 2.43. The molecule has 0 bridgehead atoms. The maximum absolute atomic E-state index is 2.43. The predicted octanol–water partition coefficient (Wildman–Crippen LogP) is 12.7. The Hall–Kier alpha value is -6.90. The van der Waals surface area contributed by atoms with Gasteiger partial charge >= 0.3 is 0 Å². The van der Waals surface area contributed by atoms with Gasteiger partial charge in [0.05, 0.1) is 0 Å². The first-order valence-corrected chi connectivity index (χ1v) is 18.7. The van der Waals surface area contributed by atoms with Crippen LogP contribution in [0.25, 0.3) is 45.2 Å². The van der Waals surface area contributed by atoms with Crippen molar-refractivity contribution >= 4 is 40.2 Å². The van der Waals surface area contributed by atoms with Crippen molar-refractivity contribution in [3.05, 3.63) is 223 Å². The normalized spacial score (nSPS) is 12.0. The molecule has 1 aliphatic carbocycles. The first-order valence-electron chi connectivity index (χ1n) is 18.7. The Balaban J connectivity index is 1.05. The SMILES string of the molecule is C1=c2ccccc2=C(N(c2ccccc2)c2ccc(-c3ccc(N(c4ccc(-c5ccccc5)cc4)c4ccc(-c5ccccc5)cc4)cc3)cc2)CC1. The Bertz CT molecular complexity index is 2510. The number of fused-ring (bicyclic) bond motifs is 1. The van der Waals surface area contributed by atoms with E-state index in [4.69, 9.17) is 0 Å². The van der Waals surface area contributed by atoms with Gasteiger partial charge in [-0.3, -0.25) is 0 Å². The molecule has 0 fully saturated rings. The fourth-order valence-electron chi connectivity index (χ4n) is 7.63. The minimum atomic E-state index is 0.996. The second kappa shape index (κ2) is 15.0. The van der Waals surface area contributed by atoms with Gasteiger partial charge in [-0.15, -0.1) is 0 Å². The van der Waals surface area contributed by atoms with Crippen LogP contribution in [0, 0.1) is 0 Å². The van der Waals surface area contributed by atoms with Gasteiger partial charge in [0.2, 0.25) is 0 Å². The van der Waals surface area contributed by atoms with E-state index < -0.39 is 0 Å². The van der Waals surface area contributed by atoms with Gasteiger partial charge in [-0.05, 0) is 112 Å². The highest BCUT2D eigenvalue weighted by Gasteiger charge is 2.18. The van der Waals surface area contributed by atoms with E-state index >= 15 is 0 Å². The van der Waals surface area contributed by atoms with E-state index in [0.717, 1.165) is 35.6 Å². The van der Waals surface area contributed by atoms with Crippen molar-refractivity contribution in [3.8, 4) is 33.4 Å². The molecule has 0 N–H and O–H groups in total. The topological polar surface area (TPSA) is 6.48 Å². The first-order chi connectivity index (χ1) is 26.8. The van der Waals surface area contributed by atoms with Crippen LogP contribution < -0.4 is 20.2 Å². The lowest BCUT2D eigenvalue weighted by atomic mass is 10.0. The summed E-state index contributed by atoms with van der Waals surface area (Å²) in [4.78, 5) is 4.77. The van der Waals surface area contributed by atoms with Crippen molar-refractivity contribution in [1.82, 2.24) is 0 Å². The molecule has 0 unspecified atom stereocenters. The molecule has 2 nitrogen and oxygen atoms in total. The molecule has 0 amide bonds. The second-order valence-corrected chi connectivity index (χ2v) is 13.7. The van der Waals surface area contributed by atoms with Crippen LogP contribution >= 0.6 is 0 Å². The maximum Gasteiger partial charge on any atom is 0.0462 e. The quantitative estimate of drug-likeness (QED) is 0.149. The van der Waals surface area contributed by atoms with Gasteiger partial charge in [-0.2, -0.15) is 0 Å². The molecular formula is C52H40N2. The zero-order chi connectivity index (χ0) is 36.1. The summed E-state index contributed by atoms with van der Waals surface area (Å²) < 4.78 is 0. The molecule has 1 aliphatic rings. The van der Waals surface area contributed by atoms with Crippen LogP contribution in [0.2, 0.25) is 0 Å². The zero-order valence-electron chi connectivity index (χ0n) is 30.1. The lowest BCUT2D eigenvalue weighted by Gasteiger charge is -2.29. The van der Waals surface area contributed by atoms with Crippen molar-refractivity contribution < 1.29 is 0 Å². The third-order valence-electron chi connectivity index (χ3n) is 10.4. The van der Waals surface area contributed by atoms with Gasteiger partial charge in [-0.25, -0.2) is 0 Å². The van der Waals surface area contributed by atoms with E-state index in [2.05, 4.69) is 228 Å². The number of hydrogen-bond donors (Lipinski definition) is 0. The summed E-state index contributed by atoms with van der Waals surface area (Å²) in [5.74, 6) is 0. The van der Waals surface area contributed by atoms with Crippen LogP contribution in [0.5, 0.6) is 0 Å². The van der Waals surface area contributed by atoms with Crippen molar-refractivity contribution in [2.45, 2.75) is 12.8 Å². The molecule has 54 heavy (non-hydrogen) atoms. The van der Waals surface area contributed by atoms with Crippen molar-refractivity contribution in [2.75, 3.05) is 9.80 Å². The average molecular weight is 693 g/mol. The molecule has 0 radical (unpaired) electrons. The molecule has 8 aromatic carbocycles. The summed E-state index contributed by atoms with van der Waals surface area (Å²) in [5, 5.41) is 2.62. The molecule has 0 aromatic heterocycles. The van der Waals surface area contributed by atoms with Crippen molar-refractivity contribution in [1.29, 1.82) is 0 Å². The summed E-state index contributed by atoms with van der Waals surface area (Å²) >= 11 is 0. The van der Waals surface area contributed by atoms with E-state index in [-0.39, 0.29) is 0 Å². The van der Waals surface area contributed by atoms with Crippen molar-refractivity contribution in [3.63, 3.8) is 0 Å². The van der Waals surface area contributed by atoms with Gasteiger partial charge in [-0.1, -0.05) is 158 Å². The molecule has 0 saturated heterocycles. The minimum absolute atomic E-state index is 0.996. The van der Waals surface area contributed by atoms with Crippen LogP contribution in [0.4, 0.5) is 28.4 Å². The predicted molar refractivity (Wildman–Crippen MR) is 229 cm³/mol. The summed E-state index contributed by atoms with van der Waals surface area (Å²) in [6.45, 7) is 0. The fraction of sp³-hybridized carbons (Fsp3) is 0.0385. The molecule has 0 atom stereocenters. The van der Waals surface area contributed by atoms with E-state index in [1.807, 2.05) is 0 Å². The Kier molecular flexibility index (Phi) is 9.15. The summed E-state index contributed by atoms with van der Waals surface area (Å²) in [5.41, 5.74) is 14.2. The van der Waals surface area contributed by atoms with E-state index in [1.165, 1.54) is 55.2 Å². The molecule has 258 valence electrons. The van der Waals surface area contributed by atoms with Crippen LogP contribution in [0.3, 0.4) is 0 Å². The molecular weight excluding hydrogens is 653 g/mol. The number of hydrogen-bond acceptors (Lipinski definition) is 2. The third kappa shape index (κ3) is 6.74. The molecule has 2 heteroatoms. The Morgan fingerprint density at radius 1 is 0.278 bits per heavy atom. The third-order valence-corrected chi connectivity index (χ3v) is 10.4. The molecule has 0 heterocycles. The fourth-order valence-corrected chi connectivity index (χ4v) is 7.63. The standard InChI is InChI=1S/C52H40N2/c1-4-13-39(14-5-1)41-23-31-47(32-24-41)53(48-33-25-42(26-34-48)40-15-6-2-7-16-40)49-35-27-43(28-36-49)44-29-37-50(38-30-44)54(46-19-8-3-9-20-46)52-22-12-18-45-17-10-11-21-51(45)52/h1-11,13-21,23-38H,12,22H2. The van der Waals surface area contributed by atoms with Gasteiger partial charge in [0.15, 0.2) is 0 Å². The highest BCUT2D eigenvalue weighted by Crippen LogP contribution is 2.39. The zero-order valence-corrected chi connectivity index (χ0v) is 30.1. The van der Waals surface area contributed by atoms with Gasteiger partial charge < -0.3 is 9.80 Å². The van der Waals surface area contributed by atoms with Crippen molar-refractivity contribution in [2.24, 2.45) is 0 Å². The Labute approximate surface area is 317 Å². The summed E-state index contributed by atoms with van der Waals surface area (Å²) in [7, 11) is 0.